The Balaban J connectivity index is 2.16. The highest BCUT2D eigenvalue weighted by Gasteiger charge is 2.34. The van der Waals surface area contributed by atoms with Crippen molar-refractivity contribution in [2.75, 3.05) is 18.0 Å². The van der Waals surface area contributed by atoms with Gasteiger partial charge in [0, 0.05) is 12.1 Å². The molecule has 0 spiro atoms. The number of aliphatic hydroxyl groups is 1. The molecule has 0 bridgehead atoms. The van der Waals surface area contributed by atoms with Gasteiger partial charge in [-0.25, -0.2) is 8.42 Å². The molecule has 0 amide bonds. The van der Waals surface area contributed by atoms with Crippen LogP contribution in [0.1, 0.15) is 29.2 Å². The van der Waals surface area contributed by atoms with Crippen LogP contribution in [0.2, 0.25) is 0 Å². The zero-order chi connectivity index (χ0) is 17.5. The minimum absolute atomic E-state index is 0.146. The van der Waals surface area contributed by atoms with Crippen molar-refractivity contribution in [3.63, 3.8) is 0 Å². The van der Waals surface area contributed by atoms with Crippen LogP contribution < -0.4 is 9.04 Å². The molecule has 3 rings (SSSR count). The van der Waals surface area contributed by atoms with Gasteiger partial charge in [-0.15, -0.1) is 0 Å². The number of benzene rings is 2. The van der Waals surface area contributed by atoms with E-state index in [-0.39, 0.29) is 11.4 Å². The highest BCUT2D eigenvalue weighted by atomic mass is 32.2. The van der Waals surface area contributed by atoms with Crippen molar-refractivity contribution in [1.82, 2.24) is 0 Å². The summed E-state index contributed by atoms with van der Waals surface area (Å²) in [6.45, 7) is 4.00. The first kappa shape index (κ1) is 16.8. The lowest BCUT2D eigenvalue weighted by Gasteiger charge is -2.33. The molecular weight excluding hydrogens is 326 g/mol. The highest BCUT2D eigenvalue weighted by Crippen LogP contribution is 2.39. The Labute approximate surface area is 142 Å². The molecule has 1 aliphatic rings. The lowest BCUT2D eigenvalue weighted by atomic mass is 9.99. The largest absolute Gasteiger partial charge is 0.495 e. The molecule has 1 aliphatic heterocycles. The van der Waals surface area contributed by atoms with Crippen LogP contribution in [-0.2, 0) is 10.0 Å². The fourth-order valence-corrected chi connectivity index (χ4v) is 4.79. The molecule has 6 heteroatoms. The normalized spacial score (nSPS) is 17.5. The van der Waals surface area contributed by atoms with Crippen molar-refractivity contribution < 1.29 is 18.3 Å². The minimum Gasteiger partial charge on any atom is -0.495 e. The standard InChI is InChI=1S/C18H21NO4S/c1-12-4-6-15-14(10-12)16(20)8-9-19(15)24(21,22)18-11-13(2)5-7-17(18)23-3/h4-7,10-11,16,20H,8-9H2,1-3H3. The molecule has 0 fully saturated rings. The maximum atomic E-state index is 13.2. The van der Waals surface area contributed by atoms with Crippen LogP contribution in [0.5, 0.6) is 5.75 Å². The average Bonchev–Trinajstić information content (AvgIpc) is 2.55. The fraction of sp³-hybridized carbons (Fsp3) is 0.333. The Bertz CT molecular complexity index is 877. The summed E-state index contributed by atoms with van der Waals surface area (Å²) in [5.74, 6) is 0.320. The third kappa shape index (κ3) is 2.76. The number of aryl methyl sites for hydroxylation is 2. The molecular formula is C18H21NO4S. The van der Waals surface area contributed by atoms with Crippen molar-refractivity contribution in [2.45, 2.75) is 31.3 Å². The van der Waals surface area contributed by atoms with Crippen molar-refractivity contribution in [3.8, 4) is 5.75 Å². The van der Waals surface area contributed by atoms with Crippen LogP contribution in [0.3, 0.4) is 0 Å². The first-order valence-electron chi connectivity index (χ1n) is 7.80. The van der Waals surface area contributed by atoms with Gasteiger partial charge in [-0.05, 0) is 44.0 Å². The molecule has 128 valence electrons. The molecule has 0 saturated carbocycles. The van der Waals surface area contributed by atoms with Gasteiger partial charge in [0.15, 0.2) is 0 Å². The predicted octanol–water partition coefficient (Wildman–Crippen LogP) is 2.94. The third-order valence-corrected chi connectivity index (χ3v) is 6.14. The average molecular weight is 347 g/mol. The first-order chi connectivity index (χ1) is 11.3. The van der Waals surface area contributed by atoms with E-state index in [1.165, 1.54) is 11.4 Å². The maximum Gasteiger partial charge on any atom is 0.268 e. The number of nitrogens with zero attached hydrogens (tertiary/aromatic N) is 1. The van der Waals surface area contributed by atoms with Gasteiger partial charge in [0.05, 0.1) is 18.9 Å². The van der Waals surface area contributed by atoms with E-state index in [0.29, 0.717) is 23.4 Å². The SMILES string of the molecule is COc1ccc(C)cc1S(=O)(=O)N1CCC(O)c2cc(C)ccc21. The molecule has 2 aromatic rings. The second-order valence-corrected chi connectivity index (χ2v) is 7.93. The van der Waals surface area contributed by atoms with Gasteiger partial charge in [0.2, 0.25) is 0 Å². The second-order valence-electron chi connectivity index (χ2n) is 6.10. The van der Waals surface area contributed by atoms with Gasteiger partial charge in [0.25, 0.3) is 10.0 Å². The number of hydrogen-bond donors (Lipinski definition) is 1. The van der Waals surface area contributed by atoms with Gasteiger partial charge in [0.1, 0.15) is 10.6 Å². The van der Waals surface area contributed by atoms with Crippen LogP contribution in [0.15, 0.2) is 41.3 Å². The Morgan fingerprint density at radius 1 is 1.12 bits per heavy atom. The van der Waals surface area contributed by atoms with Crippen LogP contribution in [0.25, 0.3) is 0 Å². The van der Waals surface area contributed by atoms with Crippen molar-refractivity contribution in [3.05, 3.63) is 53.1 Å². The van der Waals surface area contributed by atoms with E-state index in [4.69, 9.17) is 4.74 Å². The number of fused-ring (bicyclic) bond motifs is 1. The monoisotopic (exact) mass is 347 g/mol. The van der Waals surface area contributed by atoms with E-state index < -0.39 is 16.1 Å². The summed E-state index contributed by atoms with van der Waals surface area (Å²) in [6.07, 6.45) is -0.283. The number of hydrogen-bond acceptors (Lipinski definition) is 4. The molecule has 1 atom stereocenters. The van der Waals surface area contributed by atoms with E-state index in [1.807, 2.05) is 32.0 Å². The Morgan fingerprint density at radius 3 is 2.50 bits per heavy atom. The van der Waals surface area contributed by atoms with Crippen molar-refractivity contribution >= 4 is 15.7 Å². The van der Waals surface area contributed by atoms with E-state index in [1.54, 1.807) is 18.2 Å². The number of ether oxygens (including phenoxy) is 1. The van der Waals surface area contributed by atoms with Crippen LogP contribution in [0.4, 0.5) is 5.69 Å². The number of aliphatic hydroxyl groups excluding tert-OH is 1. The van der Waals surface area contributed by atoms with Gasteiger partial charge in [-0.1, -0.05) is 23.8 Å². The first-order valence-corrected chi connectivity index (χ1v) is 9.24. The zero-order valence-electron chi connectivity index (χ0n) is 14.0. The van der Waals surface area contributed by atoms with Crippen LogP contribution in [0, 0.1) is 13.8 Å². The molecule has 2 aromatic carbocycles. The second kappa shape index (κ2) is 6.11. The third-order valence-electron chi connectivity index (χ3n) is 4.30. The van der Waals surface area contributed by atoms with E-state index in [0.717, 1.165) is 11.1 Å². The summed E-state index contributed by atoms with van der Waals surface area (Å²) in [5, 5.41) is 10.2. The van der Waals surface area contributed by atoms with Crippen molar-refractivity contribution in [1.29, 1.82) is 0 Å². The van der Waals surface area contributed by atoms with E-state index in [2.05, 4.69) is 0 Å². The molecule has 0 saturated heterocycles. The number of anilines is 1. The highest BCUT2D eigenvalue weighted by molar-refractivity contribution is 7.93. The molecule has 0 aromatic heterocycles. The van der Waals surface area contributed by atoms with Gasteiger partial charge < -0.3 is 9.84 Å². The van der Waals surface area contributed by atoms with E-state index >= 15 is 0 Å². The van der Waals surface area contributed by atoms with Crippen LogP contribution >= 0.6 is 0 Å². The lowest BCUT2D eigenvalue weighted by molar-refractivity contribution is 0.166. The maximum absolute atomic E-state index is 13.2. The Kier molecular flexibility index (Phi) is 4.27. The number of rotatable bonds is 3. The molecule has 0 aliphatic carbocycles. The fourth-order valence-electron chi connectivity index (χ4n) is 3.04. The summed E-state index contributed by atoms with van der Waals surface area (Å²) >= 11 is 0. The summed E-state index contributed by atoms with van der Waals surface area (Å²) in [7, 11) is -2.32. The van der Waals surface area contributed by atoms with Gasteiger partial charge in [-0.2, -0.15) is 0 Å². The zero-order valence-corrected chi connectivity index (χ0v) is 14.8. The molecule has 1 unspecified atom stereocenters. The number of methoxy groups -OCH3 is 1. The molecule has 5 nitrogen and oxygen atoms in total. The summed E-state index contributed by atoms with van der Waals surface area (Å²) in [6, 6.07) is 10.5. The minimum atomic E-state index is -3.78. The quantitative estimate of drug-likeness (QED) is 0.927. The summed E-state index contributed by atoms with van der Waals surface area (Å²) in [4.78, 5) is 0.146. The topological polar surface area (TPSA) is 66.8 Å². The van der Waals surface area contributed by atoms with Crippen molar-refractivity contribution in [2.24, 2.45) is 0 Å². The summed E-state index contributed by atoms with van der Waals surface area (Å²) < 4.78 is 33.1. The van der Waals surface area contributed by atoms with Crippen LogP contribution in [-0.4, -0.2) is 27.2 Å². The Morgan fingerprint density at radius 2 is 1.79 bits per heavy atom. The van der Waals surface area contributed by atoms with Gasteiger partial charge in [-0.3, -0.25) is 4.31 Å². The number of sulfonamides is 1. The summed E-state index contributed by atoms with van der Waals surface area (Å²) in [5.41, 5.74) is 3.01. The molecule has 1 N–H and O–H groups in total. The predicted molar refractivity (Wildman–Crippen MR) is 93.0 cm³/mol. The smallest absolute Gasteiger partial charge is 0.268 e. The lowest BCUT2D eigenvalue weighted by Crippen LogP contribution is -2.37. The van der Waals surface area contributed by atoms with E-state index in [9.17, 15) is 13.5 Å². The Hall–Kier alpha value is -2.05. The molecule has 24 heavy (non-hydrogen) atoms. The molecule has 1 heterocycles. The molecule has 0 radical (unpaired) electrons. The van der Waals surface area contributed by atoms with Gasteiger partial charge >= 0.3 is 0 Å².